The van der Waals surface area contributed by atoms with Crippen LogP contribution in [0.3, 0.4) is 0 Å². The number of guanidine groups is 1. The molecule has 1 aromatic heterocycles. The van der Waals surface area contributed by atoms with Gasteiger partial charge in [0.15, 0.2) is 5.96 Å². The van der Waals surface area contributed by atoms with Crippen LogP contribution in [0.5, 0.6) is 0 Å². The molecule has 0 aliphatic carbocycles. The summed E-state index contributed by atoms with van der Waals surface area (Å²) in [5, 5.41) is 1.08. The standard InChI is InChI=1S/C15H20N4O/c1-6-7(2)9(4)12-11(8(6)3)10(5)13(18-12)14(20)19-15(16)17/h18H,1-5H3,(H4,16,17,19,20). The summed E-state index contributed by atoms with van der Waals surface area (Å²) in [4.78, 5) is 18.8. The molecule has 0 spiro atoms. The number of benzene rings is 1. The molecule has 5 N–H and O–H groups in total. The molecule has 0 bridgehead atoms. The van der Waals surface area contributed by atoms with E-state index in [1.165, 1.54) is 16.7 Å². The Hall–Kier alpha value is -2.30. The zero-order chi connectivity index (χ0) is 15.2. The highest BCUT2D eigenvalue weighted by atomic mass is 16.1. The second kappa shape index (κ2) is 4.67. The predicted molar refractivity (Wildman–Crippen MR) is 82.1 cm³/mol. The highest BCUT2D eigenvalue weighted by Crippen LogP contribution is 2.32. The van der Waals surface area contributed by atoms with Gasteiger partial charge in [-0.2, -0.15) is 4.99 Å². The number of hydrogen-bond acceptors (Lipinski definition) is 1. The highest BCUT2D eigenvalue weighted by molar-refractivity contribution is 6.06. The van der Waals surface area contributed by atoms with E-state index < -0.39 is 5.91 Å². The topological polar surface area (TPSA) is 97.3 Å². The molecule has 1 amide bonds. The summed E-state index contributed by atoms with van der Waals surface area (Å²) >= 11 is 0. The van der Waals surface area contributed by atoms with Gasteiger partial charge in [-0.3, -0.25) is 4.79 Å². The Morgan fingerprint density at radius 1 is 0.900 bits per heavy atom. The Morgan fingerprint density at radius 3 is 2.00 bits per heavy atom. The molecule has 20 heavy (non-hydrogen) atoms. The normalized spacial score (nSPS) is 10.8. The van der Waals surface area contributed by atoms with E-state index in [4.69, 9.17) is 11.5 Å². The van der Waals surface area contributed by atoms with Crippen molar-refractivity contribution in [2.75, 3.05) is 0 Å². The molecule has 0 unspecified atom stereocenters. The number of hydrogen-bond donors (Lipinski definition) is 3. The summed E-state index contributed by atoms with van der Waals surface area (Å²) in [5.74, 6) is -0.665. The summed E-state index contributed by atoms with van der Waals surface area (Å²) in [6.07, 6.45) is 0. The second-order valence-corrected chi connectivity index (χ2v) is 5.22. The molecule has 0 aliphatic rings. The number of aryl methyl sites for hydroxylation is 3. The number of H-pyrrole nitrogens is 1. The molecule has 1 aromatic carbocycles. The van der Waals surface area contributed by atoms with Crippen LogP contribution in [0.2, 0.25) is 0 Å². The molecule has 0 fully saturated rings. The van der Waals surface area contributed by atoms with Crippen LogP contribution in [0.1, 0.15) is 38.3 Å². The number of aromatic amines is 1. The fourth-order valence-electron chi connectivity index (χ4n) is 2.67. The first-order chi connectivity index (χ1) is 9.25. The van der Waals surface area contributed by atoms with Crippen molar-refractivity contribution < 1.29 is 4.79 Å². The SMILES string of the molecule is Cc1c(C)c(C)c2c(C)c(C(=O)N=C(N)N)[nH]c2c1C. The van der Waals surface area contributed by atoms with Crippen molar-refractivity contribution in [3.8, 4) is 0 Å². The first kappa shape index (κ1) is 14.1. The lowest BCUT2D eigenvalue weighted by Gasteiger charge is -2.11. The Labute approximate surface area is 118 Å². The number of nitrogens with zero attached hydrogens (tertiary/aromatic N) is 1. The molecule has 2 aromatic rings. The second-order valence-electron chi connectivity index (χ2n) is 5.22. The van der Waals surface area contributed by atoms with Gasteiger partial charge in [0.25, 0.3) is 5.91 Å². The van der Waals surface area contributed by atoms with E-state index in [-0.39, 0.29) is 5.96 Å². The number of rotatable bonds is 1. The first-order valence-corrected chi connectivity index (χ1v) is 6.48. The van der Waals surface area contributed by atoms with Gasteiger partial charge >= 0.3 is 0 Å². The Kier molecular flexibility index (Phi) is 3.29. The van der Waals surface area contributed by atoms with E-state index in [1.54, 1.807) is 0 Å². The van der Waals surface area contributed by atoms with Crippen molar-refractivity contribution in [2.24, 2.45) is 16.5 Å². The van der Waals surface area contributed by atoms with Crippen LogP contribution in [0.25, 0.3) is 10.9 Å². The quantitative estimate of drug-likeness (QED) is 0.548. The van der Waals surface area contributed by atoms with Gasteiger partial charge in [-0.15, -0.1) is 0 Å². The molecule has 5 heteroatoms. The molecular formula is C15H20N4O. The smallest absolute Gasteiger partial charge is 0.296 e. The number of aromatic nitrogens is 1. The molecule has 2 rings (SSSR count). The van der Waals surface area contributed by atoms with E-state index in [0.717, 1.165) is 22.0 Å². The van der Waals surface area contributed by atoms with Gasteiger partial charge in [-0.25, -0.2) is 0 Å². The van der Waals surface area contributed by atoms with Gasteiger partial charge < -0.3 is 16.5 Å². The summed E-state index contributed by atoms with van der Waals surface area (Å²) in [6, 6.07) is 0. The fourth-order valence-corrected chi connectivity index (χ4v) is 2.67. The number of carbonyl (C=O) groups excluding carboxylic acids is 1. The van der Waals surface area contributed by atoms with Crippen molar-refractivity contribution in [3.63, 3.8) is 0 Å². The molecule has 0 saturated carbocycles. The summed E-state index contributed by atoms with van der Waals surface area (Å²) in [6.45, 7) is 10.2. The van der Waals surface area contributed by atoms with Crippen LogP contribution >= 0.6 is 0 Å². The molecule has 0 saturated heterocycles. The summed E-state index contributed by atoms with van der Waals surface area (Å²) in [7, 11) is 0. The number of fused-ring (bicyclic) bond motifs is 1. The van der Waals surface area contributed by atoms with Crippen LogP contribution in [-0.4, -0.2) is 16.9 Å². The molecule has 106 valence electrons. The van der Waals surface area contributed by atoms with E-state index in [2.05, 4.69) is 37.7 Å². The average Bonchev–Trinajstić information content (AvgIpc) is 2.71. The van der Waals surface area contributed by atoms with Crippen LogP contribution in [0, 0.1) is 34.6 Å². The van der Waals surface area contributed by atoms with Gasteiger partial charge in [-0.05, 0) is 62.4 Å². The Balaban J connectivity index is 2.83. The number of amides is 1. The Morgan fingerprint density at radius 2 is 1.45 bits per heavy atom. The molecule has 0 aliphatic heterocycles. The van der Waals surface area contributed by atoms with Crippen molar-refractivity contribution in [2.45, 2.75) is 34.6 Å². The number of aliphatic imine (C=N–C) groups is 1. The lowest BCUT2D eigenvalue weighted by molar-refractivity contribution is 0.0998. The average molecular weight is 272 g/mol. The third-order valence-corrected chi connectivity index (χ3v) is 4.13. The van der Waals surface area contributed by atoms with Gasteiger partial charge in [-0.1, -0.05) is 0 Å². The monoisotopic (exact) mass is 272 g/mol. The van der Waals surface area contributed by atoms with Crippen LogP contribution in [-0.2, 0) is 0 Å². The first-order valence-electron chi connectivity index (χ1n) is 6.48. The van der Waals surface area contributed by atoms with E-state index in [9.17, 15) is 4.79 Å². The Bertz CT molecular complexity index is 749. The molecule has 1 heterocycles. The van der Waals surface area contributed by atoms with Crippen molar-refractivity contribution in [1.82, 2.24) is 4.98 Å². The van der Waals surface area contributed by atoms with E-state index >= 15 is 0 Å². The minimum Gasteiger partial charge on any atom is -0.370 e. The lowest BCUT2D eigenvalue weighted by atomic mass is 9.94. The fraction of sp³-hybridized carbons (Fsp3) is 0.333. The third-order valence-electron chi connectivity index (χ3n) is 4.13. The van der Waals surface area contributed by atoms with Crippen molar-refractivity contribution >= 4 is 22.8 Å². The van der Waals surface area contributed by atoms with Crippen LogP contribution in [0.15, 0.2) is 4.99 Å². The van der Waals surface area contributed by atoms with Gasteiger partial charge in [0.1, 0.15) is 5.69 Å². The zero-order valence-electron chi connectivity index (χ0n) is 12.5. The van der Waals surface area contributed by atoms with Gasteiger partial charge in [0.05, 0.1) is 0 Å². The molecular weight excluding hydrogens is 252 g/mol. The van der Waals surface area contributed by atoms with E-state index in [1.807, 2.05) is 6.92 Å². The molecule has 5 nitrogen and oxygen atoms in total. The van der Waals surface area contributed by atoms with Crippen LogP contribution in [0.4, 0.5) is 0 Å². The summed E-state index contributed by atoms with van der Waals surface area (Å²) < 4.78 is 0. The third kappa shape index (κ3) is 1.95. The van der Waals surface area contributed by atoms with Gasteiger partial charge in [0, 0.05) is 10.9 Å². The molecule has 0 radical (unpaired) electrons. The number of nitrogens with one attached hydrogen (secondary N) is 1. The maximum atomic E-state index is 12.1. The zero-order valence-corrected chi connectivity index (χ0v) is 12.5. The van der Waals surface area contributed by atoms with Crippen LogP contribution < -0.4 is 11.5 Å². The lowest BCUT2D eigenvalue weighted by Crippen LogP contribution is -2.24. The highest BCUT2D eigenvalue weighted by Gasteiger charge is 2.19. The molecule has 0 atom stereocenters. The number of nitrogens with two attached hydrogens (primary N) is 2. The minimum atomic E-state index is -0.437. The van der Waals surface area contributed by atoms with Crippen molar-refractivity contribution in [1.29, 1.82) is 0 Å². The maximum Gasteiger partial charge on any atom is 0.296 e. The largest absolute Gasteiger partial charge is 0.370 e. The number of carbonyl (C=O) groups is 1. The summed E-state index contributed by atoms with van der Waals surface area (Å²) in [5.41, 5.74) is 17.7. The van der Waals surface area contributed by atoms with Crippen molar-refractivity contribution in [3.05, 3.63) is 33.5 Å². The predicted octanol–water partition coefficient (Wildman–Crippen LogP) is 2.12. The van der Waals surface area contributed by atoms with Gasteiger partial charge in [0.2, 0.25) is 0 Å². The van der Waals surface area contributed by atoms with E-state index in [0.29, 0.717) is 5.69 Å². The maximum absolute atomic E-state index is 12.1. The minimum absolute atomic E-state index is 0.228.